The zero-order valence-corrected chi connectivity index (χ0v) is 10.9. The van der Waals surface area contributed by atoms with Crippen LogP contribution in [0, 0.1) is 12.7 Å². The largest absolute Gasteiger partial charge is 0.508 e. The molecule has 0 spiro atoms. The zero-order valence-electron chi connectivity index (χ0n) is 10.9. The quantitative estimate of drug-likeness (QED) is 0.885. The average molecular weight is 261 g/mol. The zero-order chi connectivity index (χ0) is 13.8. The second-order valence-corrected chi connectivity index (χ2v) is 4.37. The fraction of sp³-hybridized carbons (Fsp3) is 0.200. The first-order valence-electron chi connectivity index (χ1n) is 5.95. The number of aromatic hydroxyl groups is 1. The molecule has 2 rings (SSSR count). The van der Waals surface area contributed by atoms with Gasteiger partial charge in [0.05, 0.1) is 12.8 Å². The van der Waals surface area contributed by atoms with E-state index in [1.165, 1.54) is 12.1 Å². The van der Waals surface area contributed by atoms with Gasteiger partial charge >= 0.3 is 0 Å². The molecule has 3 nitrogen and oxygen atoms in total. The van der Waals surface area contributed by atoms with Gasteiger partial charge in [-0.15, -0.1) is 0 Å². The third-order valence-electron chi connectivity index (χ3n) is 2.78. The lowest BCUT2D eigenvalue weighted by molar-refractivity contribution is 0.416. The van der Waals surface area contributed by atoms with Crippen molar-refractivity contribution in [3.8, 4) is 11.5 Å². The maximum absolute atomic E-state index is 13.1. The van der Waals surface area contributed by atoms with Crippen molar-refractivity contribution in [3.63, 3.8) is 0 Å². The number of phenols is 1. The maximum Gasteiger partial charge on any atom is 0.142 e. The van der Waals surface area contributed by atoms with E-state index >= 15 is 0 Å². The summed E-state index contributed by atoms with van der Waals surface area (Å²) in [7, 11) is 1.61. The smallest absolute Gasteiger partial charge is 0.142 e. The molecular formula is C15H16FNO2. The van der Waals surface area contributed by atoms with Gasteiger partial charge in [0.15, 0.2) is 0 Å². The second-order valence-electron chi connectivity index (χ2n) is 4.37. The Hall–Kier alpha value is -2.23. The van der Waals surface area contributed by atoms with E-state index in [4.69, 9.17) is 4.74 Å². The molecule has 0 bridgehead atoms. The molecule has 100 valence electrons. The Labute approximate surface area is 111 Å². The lowest BCUT2D eigenvalue weighted by atomic mass is 10.1. The molecule has 0 saturated heterocycles. The van der Waals surface area contributed by atoms with E-state index in [1.54, 1.807) is 7.11 Å². The van der Waals surface area contributed by atoms with Gasteiger partial charge in [0.2, 0.25) is 0 Å². The van der Waals surface area contributed by atoms with E-state index < -0.39 is 5.82 Å². The van der Waals surface area contributed by atoms with Gasteiger partial charge in [-0.3, -0.25) is 0 Å². The summed E-state index contributed by atoms with van der Waals surface area (Å²) in [6.45, 7) is 2.39. The van der Waals surface area contributed by atoms with Crippen LogP contribution >= 0.6 is 0 Å². The highest BCUT2D eigenvalue weighted by molar-refractivity contribution is 5.57. The van der Waals surface area contributed by atoms with E-state index in [1.807, 2.05) is 25.1 Å². The fourth-order valence-corrected chi connectivity index (χ4v) is 1.88. The minimum Gasteiger partial charge on any atom is -0.508 e. The number of rotatable bonds is 4. The maximum atomic E-state index is 13.1. The Bertz CT molecular complexity index is 564. The van der Waals surface area contributed by atoms with E-state index in [-0.39, 0.29) is 5.75 Å². The summed E-state index contributed by atoms with van der Waals surface area (Å²) >= 11 is 0. The standard InChI is InChI=1S/C15H16FNO2/c1-10-3-4-14(15(5-10)19-2)17-9-11-6-12(16)8-13(18)7-11/h3-8,17-18H,9H2,1-2H3. The van der Waals surface area contributed by atoms with E-state index in [0.717, 1.165) is 23.1 Å². The van der Waals surface area contributed by atoms with Crippen LogP contribution in [0.3, 0.4) is 0 Å². The normalized spacial score (nSPS) is 10.3. The Morgan fingerprint density at radius 2 is 2.00 bits per heavy atom. The molecule has 2 aromatic rings. The molecule has 0 aliphatic carbocycles. The molecule has 0 heterocycles. The average Bonchev–Trinajstić information content (AvgIpc) is 2.36. The molecule has 2 N–H and O–H groups in total. The van der Waals surface area contributed by atoms with Crippen LogP contribution in [0.4, 0.5) is 10.1 Å². The van der Waals surface area contributed by atoms with Gasteiger partial charge in [0.1, 0.15) is 17.3 Å². The third-order valence-corrected chi connectivity index (χ3v) is 2.78. The van der Waals surface area contributed by atoms with Crippen LogP contribution in [0.1, 0.15) is 11.1 Å². The molecule has 0 fully saturated rings. The van der Waals surface area contributed by atoms with Crippen molar-refractivity contribution in [2.45, 2.75) is 13.5 Å². The summed E-state index contributed by atoms with van der Waals surface area (Å²) in [4.78, 5) is 0. The van der Waals surface area contributed by atoms with Crippen molar-refractivity contribution in [1.82, 2.24) is 0 Å². The molecule has 0 aliphatic rings. The Balaban J connectivity index is 2.14. The van der Waals surface area contributed by atoms with E-state index in [9.17, 15) is 9.50 Å². The van der Waals surface area contributed by atoms with Crippen molar-refractivity contribution in [2.24, 2.45) is 0 Å². The highest BCUT2D eigenvalue weighted by Crippen LogP contribution is 2.26. The van der Waals surface area contributed by atoms with Crippen LogP contribution in [0.15, 0.2) is 36.4 Å². The van der Waals surface area contributed by atoms with Crippen LogP contribution in [-0.4, -0.2) is 12.2 Å². The van der Waals surface area contributed by atoms with Crippen LogP contribution in [-0.2, 0) is 6.54 Å². The summed E-state index contributed by atoms with van der Waals surface area (Å²) in [5.41, 5.74) is 2.60. The van der Waals surface area contributed by atoms with E-state index in [0.29, 0.717) is 12.1 Å². The molecule has 0 radical (unpaired) electrons. The number of halogens is 1. The molecule has 0 unspecified atom stereocenters. The van der Waals surface area contributed by atoms with Crippen molar-refractivity contribution in [1.29, 1.82) is 0 Å². The number of benzene rings is 2. The molecule has 0 amide bonds. The molecule has 19 heavy (non-hydrogen) atoms. The topological polar surface area (TPSA) is 41.5 Å². The Morgan fingerprint density at radius 1 is 1.21 bits per heavy atom. The highest BCUT2D eigenvalue weighted by atomic mass is 19.1. The molecule has 0 atom stereocenters. The van der Waals surface area contributed by atoms with Gasteiger partial charge in [0.25, 0.3) is 0 Å². The molecule has 2 aromatic carbocycles. The number of hydrogen-bond donors (Lipinski definition) is 2. The summed E-state index contributed by atoms with van der Waals surface area (Å²) in [5, 5.41) is 12.5. The van der Waals surface area contributed by atoms with Crippen LogP contribution < -0.4 is 10.1 Å². The summed E-state index contributed by atoms with van der Waals surface area (Å²) in [6.07, 6.45) is 0. The number of anilines is 1. The lowest BCUT2D eigenvalue weighted by Gasteiger charge is -2.12. The first-order valence-corrected chi connectivity index (χ1v) is 5.95. The number of phenolic OH excluding ortho intramolecular Hbond substituents is 1. The molecule has 0 aliphatic heterocycles. The van der Waals surface area contributed by atoms with Crippen molar-refractivity contribution in [2.75, 3.05) is 12.4 Å². The predicted octanol–water partition coefficient (Wildman–Crippen LogP) is 3.46. The van der Waals surface area contributed by atoms with Crippen molar-refractivity contribution >= 4 is 5.69 Å². The van der Waals surface area contributed by atoms with Gasteiger partial charge in [-0.25, -0.2) is 4.39 Å². The summed E-state index contributed by atoms with van der Waals surface area (Å²) < 4.78 is 18.4. The first kappa shape index (κ1) is 13.2. The van der Waals surface area contributed by atoms with Gasteiger partial charge in [-0.05, 0) is 42.3 Å². The van der Waals surface area contributed by atoms with Gasteiger partial charge in [-0.2, -0.15) is 0 Å². The molecule has 4 heteroatoms. The summed E-state index contributed by atoms with van der Waals surface area (Å²) in [5.74, 6) is 0.209. The number of methoxy groups -OCH3 is 1. The first-order chi connectivity index (χ1) is 9.08. The monoisotopic (exact) mass is 261 g/mol. The Morgan fingerprint density at radius 3 is 2.68 bits per heavy atom. The Kier molecular flexibility index (Phi) is 3.90. The minimum atomic E-state index is -0.451. The summed E-state index contributed by atoms with van der Waals surface area (Å²) in [6, 6.07) is 9.78. The van der Waals surface area contributed by atoms with E-state index in [2.05, 4.69) is 5.32 Å². The third kappa shape index (κ3) is 3.37. The number of nitrogens with one attached hydrogen (secondary N) is 1. The number of aryl methyl sites for hydroxylation is 1. The minimum absolute atomic E-state index is 0.0762. The predicted molar refractivity (Wildman–Crippen MR) is 73.1 cm³/mol. The fourth-order valence-electron chi connectivity index (χ4n) is 1.88. The molecular weight excluding hydrogens is 245 g/mol. The SMILES string of the molecule is COc1cc(C)ccc1NCc1cc(O)cc(F)c1. The molecule has 0 aromatic heterocycles. The number of ether oxygens (including phenoxy) is 1. The van der Waals surface area contributed by atoms with Gasteiger partial charge < -0.3 is 15.2 Å². The van der Waals surface area contributed by atoms with Crippen LogP contribution in [0.5, 0.6) is 11.5 Å². The van der Waals surface area contributed by atoms with Gasteiger partial charge in [0, 0.05) is 12.6 Å². The highest BCUT2D eigenvalue weighted by Gasteiger charge is 2.04. The molecule has 0 saturated carbocycles. The second kappa shape index (κ2) is 5.61. The van der Waals surface area contributed by atoms with Crippen molar-refractivity contribution in [3.05, 3.63) is 53.3 Å². The lowest BCUT2D eigenvalue weighted by Crippen LogP contribution is -2.02. The van der Waals surface area contributed by atoms with Crippen LogP contribution in [0.2, 0.25) is 0 Å². The number of hydrogen-bond acceptors (Lipinski definition) is 3. The van der Waals surface area contributed by atoms with Crippen molar-refractivity contribution < 1.29 is 14.2 Å². The van der Waals surface area contributed by atoms with Crippen LogP contribution in [0.25, 0.3) is 0 Å². The van der Waals surface area contributed by atoms with Gasteiger partial charge in [-0.1, -0.05) is 6.07 Å².